The topological polar surface area (TPSA) is 73.0 Å². The molecule has 35 heavy (non-hydrogen) atoms. The molecular formula is C28H29ClN4O2. The largest absolute Gasteiger partial charge is 0.350 e. The van der Waals surface area contributed by atoms with Crippen molar-refractivity contribution in [3.8, 4) is 11.8 Å². The summed E-state index contributed by atoms with van der Waals surface area (Å²) >= 11 is 6.14. The van der Waals surface area contributed by atoms with Crippen LogP contribution >= 0.6 is 11.6 Å². The molecule has 6 nitrogen and oxygen atoms in total. The third-order valence-electron chi connectivity index (χ3n) is 6.12. The molecule has 1 aliphatic heterocycles. The fraction of sp³-hybridized carbons (Fsp3) is 0.250. The van der Waals surface area contributed by atoms with Gasteiger partial charge in [0, 0.05) is 36.8 Å². The number of halogens is 1. The van der Waals surface area contributed by atoms with E-state index in [4.69, 9.17) is 17.3 Å². The van der Waals surface area contributed by atoms with Gasteiger partial charge in [-0.15, -0.1) is 0 Å². The van der Waals surface area contributed by atoms with Gasteiger partial charge in [-0.1, -0.05) is 78.0 Å². The van der Waals surface area contributed by atoms with E-state index in [0.29, 0.717) is 11.6 Å². The summed E-state index contributed by atoms with van der Waals surface area (Å²) in [5.41, 5.74) is 9.20. The Labute approximate surface area is 211 Å². The second kappa shape index (κ2) is 11.9. The number of hydrogen-bond acceptors (Lipinski definition) is 4. The number of carbonyl (C=O) groups is 1. The molecule has 4 rings (SSSR count). The molecule has 1 saturated heterocycles. The third-order valence-corrected chi connectivity index (χ3v) is 6.37. The van der Waals surface area contributed by atoms with Gasteiger partial charge in [0.1, 0.15) is 0 Å². The number of primary amides is 1. The zero-order valence-corrected chi connectivity index (χ0v) is 20.2. The standard InChI is InChI=1S/C28H29ClN4O2/c29-26-13-11-25(12-14-26)27(24-9-2-1-3-10-24)32-18-16-31(17-19-32)15-5-8-22-6-4-7-23(20-22)21-33(35)28(30)34/h1-4,6-7,9-14,20,27,35H,15-19,21H2,(H2,30,34). The molecule has 1 unspecified atom stereocenters. The third kappa shape index (κ3) is 6.84. The first-order valence-corrected chi connectivity index (χ1v) is 12.0. The lowest BCUT2D eigenvalue weighted by atomic mass is 9.96. The predicted octanol–water partition coefficient (Wildman–Crippen LogP) is 4.37. The van der Waals surface area contributed by atoms with Crippen LogP contribution in [0.1, 0.15) is 28.3 Å². The number of carbonyl (C=O) groups excluding carboxylic acids is 1. The molecule has 2 amide bonds. The number of amides is 2. The summed E-state index contributed by atoms with van der Waals surface area (Å²) in [4.78, 5) is 15.9. The van der Waals surface area contributed by atoms with E-state index >= 15 is 0 Å². The summed E-state index contributed by atoms with van der Waals surface area (Å²) in [6.07, 6.45) is 0. The van der Waals surface area contributed by atoms with Crippen LogP contribution in [0.4, 0.5) is 4.79 Å². The molecule has 0 spiro atoms. The Kier molecular flexibility index (Phi) is 8.40. The normalized spacial score (nSPS) is 15.1. The van der Waals surface area contributed by atoms with Crippen molar-refractivity contribution >= 4 is 17.6 Å². The molecule has 0 radical (unpaired) electrons. The van der Waals surface area contributed by atoms with E-state index in [1.54, 1.807) is 0 Å². The Hall–Kier alpha value is -3.34. The van der Waals surface area contributed by atoms with Crippen LogP contribution in [-0.4, -0.2) is 58.8 Å². The van der Waals surface area contributed by atoms with E-state index in [9.17, 15) is 10.0 Å². The molecule has 0 aromatic heterocycles. The SMILES string of the molecule is NC(=O)N(O)Cc1cccc(C#CCN2CCN(C(c3ccccc3)c3ccc(Cl)cc3)CC2)c1. The van der Waals surface area contributed by atoms with Crippen molar-refractivity contribution < 1.29 is 10.0 Å². The first-order chi connectivity index (χ1) is 17.0. The summed E-state index contributed by atoms with van der Waals surface area (Å²) in [6.45, 7) is 4.47. The van der Waals surface area contributed by atoms with Gasteiger partial charge in [0.2, 0.25) is 0 Å². The lowest BCUT2D eigenvalue weighted by Crippen LogP contribution is -2.47. The van der Waals surface area contributed by atoms with Gasteiger partial charge in [-0.25, -0.2) is 9.86 Å². The zero-order chi connectivity index (χ0) is 24.6. The van der Waals surface area contributed by atoms with E-state index in [1.165, 1.54) is 11.1 Å². The van der Waals surface area contributed by atoms with Crippen molar-refractivity contribution in [2.45, 2.75) is 12.6 Å². The number of nitrogens with zero attached hydrogens (tertiary/aromatic N) is 3. The molecule has 1 aliphatic rings. The van der Waals surface area contributed by atoms with Crippen molar-refractivity contribution in [2.24, 2.45) is 5.73 Å². The maximum Gasteiger partial charge on any atom is 0.338 e. The monoisotopic (exact) mass is 488 g/mol. The first-order valence-electron chi connectivity index (χ1n) is 11.6. The molecule has 1 atom stereocenters. The lowest BCUT2D eigenvalue weighted by molar-refractivity contribution is -0.0470. The van der Waals surface area contributed by atoms with Crippen LogP contribution < -0.4 is 5.73 Å². The second-order valence-corrected chi connectivity index (χ2v) is 9.01. The number of urea groups is 1. The number of piperazine rings is 1. The van der Waals surface area contributed by atoms with Crippen molar-refractivity contribution in [1.29, 1.82) is 0 Å². The van der Waals surface area contributed by atoms with Crippen LogP contribution in [-0.2, 0) is 6.54 Å². The fourth-order valence-electron chi connectivity index (χ4n) is 4.33. The first kappa shape index (κ1) is 24.8. The summed E-state index contributed by atoms with van der Waals surface area (Å²) in [6, 6.07) is 25.5. The van der Waals surface area contributed by atoms with Gasteiger partial charge in [-0.2, -0.15) is 0 Å². The van der Waals surface area contributed by atoms with Crippen LogP contribution in [0.15, 0.2) is 78.9 Å². The zero-order valence-electron chi connectivity index (χ0n) is 19.5. The molecule has 0 aliphatic carbocycles. The molecular weight excluding hydrogens is 460 g/mol. The van der Waals surface area contributed by atoms with Gasteiger partial charge < -0.3 is 5.73 Å². The van der Waals surface area contributed by atoms with Gasteiger partial charge in [0.05, 0.1) is 19.1 Å². The molecule has 0 saturated carbocycles. The summed E-state index contributed by atoms with van der Waals surface area (Å²) in [5, 5.41) is 10.8. The number of rotatable bonds is 6. The van der Waals surface area contributed by atoms with Crippen LogP contribution in [0.5, 0.6) is 0 Å². The molecule has 3 aromatic rings. The predicted molar refractivity (Wildman–Crippen MR) is 138 cm³/mol. The Morgan fingerprint density at radius 2 is 1.66 bits per heavy atom. The number of benzene rings is 3. The molecule has 3 N–H and O–H groups in total. The summed E-state index contributed by atoms with van der Waals surface area (Å²) in [7, 11) is 0. The highest BCUT2D eigenvalue weighted by Crippen LogP contribution is 2.30. The average Bonchev–Trinajstić information content (AvgIpc) is 2.87. The second-order valence-electron chi connectivity index (χ2n) is 8.57. The minimum absolute atomic E-state index is 0.0308. The quantitative estimate of drug-likeness (QED) is 0.307. The van der Waals surface area contributed by atoms with Gasteiger partial charge in [-0.05, 0) is 41.0 Å². The molecule has 1 fully saturated rings. The molecule has 7 heteroatoms. The average molecular weight is 489 g/mol. The Morgan fingerprint density at radius 3 is 2.34 bits per heavy atom. The molecule has 180 valence electrons. The molecule has 1 heterocycles. The van der Waals surface area contributed by atoms with Crippen molar-refractivity contribution in [3.63, 3.8) is 0 Å². The maximum atomic E-state index is 11.0. The van der Waals surface area contributed by atoms with Crippen LogP contribution in [0.2, 0.25) is 5.02 Å². The highest BCUT2D eigenvalue weighted by atomic mass is 35.5. The summed E-state index contributed by atoms with van der Waals surface area (Å²) in [5.74, 6) is 6.46. The fourth-order valence-corrected chi connectivity index (χ4v) is 4.45. The van der Waals surface area contributed by atoms with Gasteiger partial charge in [0.25, 0.3) is 0 Å². The number of nitrogens with two attached hydrogens (primary N) is 1. The van der Waals surface area contributed by atoms with Crippen molar-refractivity contribution in [3.05, 3.63) is 106 Å². The van der Waals surface area contributed by atoms with Crippen LogP contribution in [0.3, 0.4) is 0 Å². The minimum Gasteiger partial charge on any atom is -0.350 e. The van der Waals surface area contributed by atoms with Gasteiger partial charge >= 0.3 is 6.03 Å². The van der Waals surface area contributed by atoms with E-state index in [1.807, 2.05) is 42.5 Å². The van der Waals surface area contributed by atoms with Crippen molar-refractivity contribution in [1.82, 2.24) is 14.9 Å². The maximum absolute atomic E-state index is 11.0. The van der Waals surface area contributed by atoms with E-state index in [0.717, 1.165) is 42.3 Å². The van der Waals surface area contributed by atoms with E-state index in [2.05, 4.69) is 58.0 Å². The van der Waals surface area contributed by atoms with Gasteiger partial charge in [0.15, 0.2) is 0 Å². The van der Waals surface area contributed by atoms with Crippen LogP contribution in [0, 0.1) is 11.8 Å². The lowest BCUT2D eigenvalue weighted by Gasteiger charge is -2.39. The van der Waals surface area contributed by atoms with Gasteiger partial charge in [-0.3, -0.25) is 15.0 Å². The Morgan fingerprint density at radius 1 is 0.971 bits per heavy atom. The highest BCUT2D eigenvalue weighted by Gasteiger charge is 2.26. The molecule has 3 aromatic carbocycles. The minimum atomic E-state index is -0.883. The van der Waals surface area contributed by atoms with Crippen molar-refractivity contribution in [2.75, 3.05) is 32.7 Å². The van der Waals surface area contributed by atoms with Crippen LogP contribution in [0.25, 0.3) is 0 Å². The molecule has 0 bridgehead atoms. The summed E-state index contributed by atoms with van der Waals surface area (Å²) < 4.78 is 0. The smallest absolute Gasteiger partial charge is 0.338 e. The van der Waals surface area contributed by atoms with E-state index in [-0.39, 0.29) is 12.6 Å². The Balaban J connectivity index is 1.37. The highest BCUT2D eigenvalue weighted by molar-refractivity contribution is 6.30. The Bertz CT molecular complexity index is 1180. The number of hydrogen-bond donors (Lipinski definition) is 2. The number of hydroxylamine groups is 2. The van der Waals surface area contributed by atoms with E-state index < -0.39 is 6.03 Å².